The highest BCUT2D eigenvalue weighted by atomic mass is 15.0. The fourth-order valence-electron chi connectivity index (χ4n) is 3.83. The minimum Gasteiger partial charge on any atom is -0.313 e. The molecule has 0 radical (unpaired) electrons. The van der Waals surface area contributed by atoms with E-state index < -0.39 is 0 Å². The van der Waals surface area contributed by atoms with Crippen LogP contribution in [0, 0.1) is 16.7 Å². The van der Waals surface area contributed by atoms with E-state index in [2.05, 4.69) is 33.0 Å². The first-order valence-corrected chi connectivity index (χ1v) is 6.25. The van der Waals surface area contributed by atoms with Gasteiger partial charge in [-0.3, -0.25) is 0 Å². The van der Waals surface area contributed by atoms with Crippen molar-refractivity contribution >= 4 is 0 Å². The Hall–Kier alpha value is -0.0400. The molecule has 2 saturated carbocycles. The lowest BCUT2D eigenvalue weighted by Gasteiger charge is -2.39. The van der Waals surface area contributed by atoms with Crippen molar-refractivity contribution in [3.05, 3.63) is 0 Å². The van der Waals surface area contributed by atoms with Crippen LogP contribution in [0.4, 0.5) is 0 Å². The molecule has 0 amide bonds. The second kappa shape index (κ2) is 3.23. The minimum atomic E-state index is 0.562. The first-order chi connectivity index (χ1) is 6.52. The predicted octanol–water partition coefficient (Wildman–Crippen LogP) is 3.20. The third kappa shape index (κ3) is 1.18. The molecule has 2 rings (SSSR count). The van der Waals surface area contributed by atoms with E-state index in [1.807, 2.05) is 0 Å². The Morgan fingerprint density at radius 2 is 2.00 bits per heavy atom. The summed E-state index contributed by atoms with van der Waals surface area (Å²) in [7, 11) is 0. The van der Waals surface area contributed by atoms with Crippen molar-refractivity contribution in [3.8, 4) is 0 Å². The molecule has 3 unspecified atom stereocenters. The third-order valence-corrected chi connectivity index (χ3v) is 5.43. The van der Waals surface area contributed by atoms with Gasteiger partial charge in [-0.25, -0.2) is 0 Å². The monoisotopic (exact) mass is 195 g/mol. The van der Waals surface area contributed by atoms with Crippen LogP contribution in [0.3, 0.4) is 0 Å². The Labute approximate surface area is 88.7 Å². The Balaban J connectivity index is 2.11. The van der Waals surface area contributed by atoms with Gasteiger partial charge < -0.3 is 5.32 Å². The summed E-state index contributed by atoms with van der Waals surface area (Å²) in [5, 5.41) is 3.76. The van der Waals surface area contributed by atoms with Crippen LogP contribution in [0.1, 0.15) is 53.4 Å². The molecule has 2 aliphatic rings. The minimum absolute atomic E-state index is 0.562. The van der Waals surface area contributed by atoms with E-state index in [-0.39, 0.29) is 0 Å². The highest BCUT2D eigenvalue weighted by Crippen LogP contribution is 2.65. The average molecular weight is 195 g/mol. The van der Waals surface area contributed by atoms with Crippen LogP contribution in [-0.4, -0.2) is 12.6 Å². The molecular weight excluding hydrogens is 170 g/mol. The predicted molar refractivity (Wildman–Crippen MR) is 61.3 cm³/mol. The van der Waals surface area contributed by atoms with Crippen LogP contribution in [0.25, 0.3) is 0 Å². The molecule has 3 atom stereocenters. The van der Waals surface area contributed by atoms with Crippen molar-refractivity contribution in [2.45, 2.75) is 59.4 Å². The van der Waals surface area contributed by atoms with E-state index >= 15 is 0 Å². The van der Waals surface area contributed by atoms with Crippen molar-refractivity contribution in [2.75, 3.05) is 6.54 Å². The molecule has 14 heavy (non-hydrogen) atoms. The fourth-order valence-corrected chi connectivity index (χ4v) is 3.83. The van der Waals surface area contributed by atoms with Crippen molar-refractivity contribution in [3.63, 3.8) is 0 Å². The number of fused-ring (bicyclic) bond motifs is 2. The Bertz CT molecular complexity index is 221. The van der Waals surface area contributed by atoms with Gasteiger partial charge in [0.15, 0.2) is 0 Å². The van der Waals surface area contributed by atoms with Crippen LogP contribution in [0.2, 0.25) is 0 Å². The fraction of sp³-hybridized carbons (Fsp3) is 1.00. The summed E-state index contributed by atoms with van der Waals surface area (Å²) in [6.45, 7) is 10.9. The van der Waals surface area contributed by atoms with Gasteiger partial charge >= 0.3 is 0 Å². The molecule has 0 aromatic heterocycles. The van der Waals surface area contributed by atoms with Gasteiger partial charge in [0.25, 0.3) is 0 Å². The van der Waals surface area contributed by atoms with E-state index in [0.717, 1.165) is 12.0 Å². The zero-order valence-corrected chi connectivity index (χ0v) is 10.2. The molecule has 2 aliphatic carbocycles. The number of hydrogen-bond donors (Lipinski definition) is 1. The maximum Gasteiger partial charge on any atom is 0.0129 e. The van der Waals surface area contributed by atoms with Gasteiger partial charge in [-0.15, -0.1) is 0 Å². The first-order valence-electron chi connectivity index (χ1n) is 6.25. The largest absolute Gasteiger partial charge is 0.313 e. The summed E-state index contributed by atoms with van der Waals surface area (Å²) in [6.07, 6.45) is 5.58. The van der Waals surface area contributed by atoms with Gasteiger partial charge in [-0.2, -0.15) is 0 Å². The molecule has 0 aliphatic heterocycles. The summed E-state index contributed by atoms with van der Waals surface area (Å²) in [6, 6.07) is 0.788. The quantitative estimate of drug-likeness (QED) is 0.729. The normalized spacial score (nSPS) is 44.6. The van der Waals surface area contributed by atoms with Gasteiger partial charge in [-0.1, -0.05) is 27.7 Å². The molecule has 2 bridgehead atoms. The molecule has 1 N–H and O–H groups in total. The summed E-state index contributed by atoms with van der Waals surface area (Å²) in [5.41, 5.74) is 1.13. The summed E-state index contributed by atoms with van der Waals surface area (Å²) in [5.74, 6) is 0.974. The van der Waals surface area contributed by atoms with Crippen molar-refractivity contribution in [1.29, 1.82) is 0 Å². The second-order valence-electron chi connectivity index (χ2n) is 6.12. The first kappa shape index (κ1) is 10.5. The van der Waals surface area contributed by atoms with E-state index in [4.69, 9.17) is 0 Å². The van der Waals surface area contributed by atoms with E-state index in [9.17, 15) is 0 Å². The van der Waals surface area contributed by atoms with E-state index in [1.54, 1.807) is 0 Å². The summed E-state index contributed by atoms with van der Waals surface area (Å²) >= 11 is 0. The lowest BCUT2D eigenvalue weighted by atomic mass is 9.69. The third-order valence-electron chi connectivity index (χ3n) is 5.43. The topological polar surface area (TPSA) is 12.0 Å². The average Bonchev–Trinajstić information content (AvgIpc) is 2.46. The molecular formula is C13H25N. The van der Waals surface area contributed by atoms with Gasteiger partial charge in [0.05, 0.1) is 0 Å². The molecule has 0 heterocycles. The molecule has 1 nitrogen and oxygen atoms in total. The Morgan fingerprint density at radius 1 is 1.29 bits per heavy atom. The lowest BCUT2D eigenvalue weighted by Crippen LogP contribution is -2.44. The molecule has 0 spiro atoms. The lowest BCUT2D eigenvalue weighted by molar-refractivity contribution is 0.121. The van der Waals surface area contributed by atoms with Gasteiger partial charge in [0.1, 0.15) is 0 Å². The van der Waals surface area contributed by atoms with Crippen LogP contribution < -0.4 is 5.32 Å². The van der Waals surface area contributed by atoms with Gasteiger partial charge in [0.2, 0.25) is 0 Å². The van der Waals surface area contributed by atoms with Gasteiger partial charge in [-0.05, 0) is 49.0 Å². The highest BCUT2D eigenvalue weighted by Gasteiger charge is 2.60. The molecule has 2 fully saturated rings. The Kier molecular flexibility index (Phi) is 2.42. The zero-order valence-electron chi connectivity index (χ0n) is 10.2. The summed E-state index contributed by atoms with van der Waals surface area (Å²) < 4.78 is 0. The highest BCUT2D eigenvalue weighted by molar-refractivity contribution is 5.12. The maximum absolute atomic E-state index is 3.76. The molecule has 0 aromatic carbocycles. The van der Waals surface area contributed by atoms with Crippen molar-refractivity contribution < 1.29 is 0 Å². The zero-order chi connectivity index (χ0) is 10.4. The molecule has 0 aromatic rings. The SMILES string of the molecule is CCCNC1CC2CCC1(C)C2(C)C. The molecule has 82 valence electrons. The van der Waals surface area contributed by atoms with Crippen LogP contribution >= 0.6 is 0 Å². The Morgan fingerprint density at radius 3 is 2.43 bits per heavy atom. The standard InChI is InChI=1S/C13H25N/c1-5-8-14-11-9-10-6-7-13(11,4)12(10,2)3/h10-11,14H,5-9H2,1-4H3. The number of nitrogens with one attached hydrogen (secondary N) is 1. The van der Waals surface area contributed by atoms with Crippen LogP contribution in [0.5, 0.6) is 0 Å². The number of rotatable bonds is 3. The summed E-state index contributed by atoms with van der Waals surface area (Å²) in [4.78, 5) is 0. The van der Waals surface area contributed by atoms with Gasteiger partial charge in [0, 0.05) is 6.04 Å². The maximum atomic E-state index is 3.76. The van der Waals surface area contributed by atoms with E-state index in [1.165, 1.54) is 32.2 Å². The van der Waals surface area contributed by atoms with Crippen LogP contribution in [-0.2, 0) is 0 Å². The van der Waals surface area contributed by atoms with Crippen molar-refractivity contribution in [2.24, 2.45) is 16.7 Å². The molecule has 0 saturated heterocycles. The van der Waals surface area contributed by atoms with Crippen LogP contribution in [0.15, 0.2) is 0 Å². The molecule has 1 heteroatoms. The smallest absolute Gasteiger partial charge is 0.0129 e. The number of hydrogen-bond acceptors (Lipinski definition) is 1. The van der Waals surface area contributed by atoms with Crippen molar-refractivity contribution in [1.82, 2.24) is 5.32 Å². The second-order valence-corrected chi connectivity index (χ2v) is 6.12. The van der Waals surface area contributed by atoms with E-state index in [0.29, 0.717) is 10.8 Å².